The molecule has 21 heavy (non-hydrogen) atoms. The molecular formula is C16H24N4O. The molecule has 0 saturated heterocycles. The molecule has 0 radical (unpaired) electrons. The third-order valence-corrected chi connectivity index (χ3v) is 3.84. The van der Waals surface area contributed by atoms with Gasteiger partial charge in [0.15, 0.2) is 0 Å². The largest absolute Gasteiger partial charge is 0.492 e. The molecule has 5 nitrogen and oxygen atoms in total. The normalized spacial score (nSPS) is 12.4. The Morgan fingerprint density at radius 2 is 2.10 bits per heavy atom. The second kappa shape index (κ2) is 6.72. The van der Waals surface area contributed by atoms with Gasteiger partial charge >= 0.3 is 0 Å². The number of ether oxygens (including phenoxy) is 1. The summed E-state index contributed by atoms with van der Waals surface area (Å²) < 4.78 is 7.39. The van der Waals surface area contributed by atoms with Crippen LogP contribution in [0.5, 0.6) is 5.75 Å². The van der Waals surface area contributed by atoms with Crippen molar-refractivity contribution in [2.24, 2.45) is 12.8 Å². The lowest BCUT2D eigenvalue weighted by atomic mass is 10.00. The van der Waals surface area contributed by atoms with E-state index in [4.69, 9.17) is 10.5 Å². The molecule has 0 aliphatic rings. The van der Waals surface area contributed by atoms with E-state index in [1.54, 1.807) is 6.20 Å². The first-order chi connectivity index (χ1) is 10.0. The number of nitrogens with zero attached hydrogens (tertiary/aromatic N) is 3. The monoisotopic (exact) mass is 288 g/mol. The molecule has 0 aliphatic carbocycles. The zero-order valence-electron chi connectivity index (χ0n) is 13.3. The minimum absolute atomic E-state index is 0.0445. The van der Waals surface area contributed by atoms with Crippen LogP contribution in [0.25, 0.3) is 0 Å². The smallest absolute Gasteiger partial charge is 0.137 e. The number of aryl methyl sites for hydroxylation is 2. The highest BCUT2D eigenvalue weighted by Crippen LogP contribution is 2.22. The lowest BCUT2D eigenvalue weighted by Gasteiger charge is -2.13. The zero-order valence-corrected chi connectivity index (χ0v) is 13.3. The molecule has 1 atom stereocenters. The number of hydrogen-bond donors (Lipinski definition) is 1. The Kier molecular flexibility index (Phi) is 4.96. The minimum atomic E-state index is -0.0445. The molecule has 0 aromatic carbocycles. The van der Waals surface area contributed by atoms with Crippen molar-refractivity contribution < 1.29 is 4.74 Å². The van der Waals surface area contributed by atoms with E-state index in [1.165, 1.54) is 11.3 Å². The van der Waals surface area contributed by atoms with Crippen LogP contribution in [0.4, 0.5) is 0 Å². The fourth-order valence-electron chi connectivity index (χ4n) is 2.53. The van der Waals surface area contributed by atoms with Crippen LogP contribution in [0, 0.1) is 13.8 Å². The van der Waals surface area contributed by atoms with Crippen LogP contribution in [-0.4, -0.2) is 21.4 Å². The van der Waals surface area contributed by atoms with E-state index in [2.05, 4.69) is 17.0 Å². The lowest BCUT2D eigenvalue weighted by molar-refractivity contribution is 0.338. The number of hydrogen-bond acceptors (Lipinski definition) is 4. The van der Waals surface area contributed by atoms with Gasteiger partial charge in [-0.2, -0.15) is 5.10 Å². The van der Waals surface area contributed by atoms with E-state index >= 15 is 0 Å². The predicted octanol–water partition coefficient (Wildman–Crippen LogP) is 2.46. The van der Waals surface area contributed by atoms with Crippen molar-refractivity contribution in [1.82, 2.24) is 14.8 Å². The molecule has 0 bridgehead atoms. The SMILES string of the molecule is CCOc1cncc(C(N)CCc2c(C)nn(C)c2C)c1. The van der Waals surface area contributed by atoms with Gasteiger partial charge in [-0.3, -0.25) is 9.67 Å². The summed E-state index contributed by atoms with van der Waals surface area (Å²) in [5.41, 5.74) is 10.9. The van der Waals surface area contributed by atoms with Gasteiger partial charge < -0.3 is 10.5 Å². The van der Waals surface area contributed by atoms with Crippen molar-refractivity contribution in [2.75, 3.05) is 6.61 Å². The maximum Gasteiger partial charge on any atom is 0.137 e. The molecule has 2 aromatic rings. The topological polar surface area (TPSA) is 66.0 Å². The molecule has 5 heteroatoms. The minimum Gasteiger partial charge on any atom is -0.492 e. The summed E-state index contributed by atoms with van der Waals surface area (Å²) in [4.78, 5) is 4.20. The maximum atomic E-state index is 6.29. The molecule has 2 rings (SSSR count). The molecule has 0 fully saturated rings. The summed E-state index contributed by atoms with van der Waals surface area (Å²) in [6, 6.07) is 1.93. The number of aromatic nitrogens is 3. The number of nitrogens with two attached hydrogens (primary N) is 1. The van der Waals surface area contributed by atoms with Crippen LogP contribution in [0.3, 0.4) is 0 Å². The summed E-state index contributed by atoms with van der Waals surface area (Å²) in [6.07, 6.45) is 5.32. The molecule has 114 valence electrons. The fourth-order valence-corrected chi connectivity index (χ4v) is 2.53. The van der Waals surface area contributed by atoms with E-state index in [0.29, 0.717) is 6.61 Å². The van der Waals surface area contributed by atoms with Crippen molar-refractivity contribution in [2.45, 2.75) is 39.7 Å². The van der Waals surface area contributed by atoms with Crippen LogP contribution in [0.2, 0.25) is 0 Å². The molecule has 0 saturated carbocycles. The zero-order chi connectivity index (χ0) is 15.4. The third kappa shape index (κ3) is 3.61. The van der Waals surface area contributed by atoms with Crippen molar-refractivity contribution >= 4 is 0 Å². The van der Waals surface area contributed by atoms with Gasteiger partial charge in [-0.25, -0.2) is 0 Å². The van der Waals surface area contributed by atoms with Gasteiger partial charge in [0.25, 0.3) is 0 Å². The first kappa shape index (κ1) is 15.5. The average Bonchev–Trinajstić information content (AvgIpc) is 2.70. The molecular weight excluding hydrogens is 264 g/mol. The van der Waals surface area contributed by atoms with Crippen molar-refractivity contribution in [3.05, 3.63) is 41.0 Å². The second-order valence-corrected chi connectivity index (χ2v) is 5.31. The Morgan fingerprint density at radius 3 is 2.71 bits per heavy atom. The Bertz CT molecular complexity index is 606. The summed E-state index contributed by atoms with van der Waals surface area (Å²) in [7, 11) is 1.97. The van der Waals surface area contributed by atoms with Gasteiger partial charge in [0.05, 0.1) is 18.5 Å². The Morgan fingerprint density at radius 1 is 1.33 bits per heavy atom. The van der Waals surface area contributed by atoms with Crippen LogP contribution in [0.15, 0.2) is 18.5 Å². The molecule has 0 amide bonds. The summed E-state index contributed by atoms with van der Waals surface area (Å²) in [6.45, 7) is 6.73. The highest BCUT2D eigenvalue weighted by Gasteiger charge is 2.13. The van der Waals surface area contributed by atoms with Crippen molar-refractivity contribution in [3.63, 3.8) is 0 Å². The standard InChI is InChI=1S/C16H24N4O/c1-5-21-14-8-13(9-18-10-14)16(17)7-6-15-11(2)19-20(4)12(15)3/h8-10,16H,5-7,17H2,1-4H3. The molecule has 0 spiro atoms. The van der Waals surface area contributed by atoms with Gasteiger partial charge in [-0.15, -0.1) is 0 Å². The first-order valence-electron chi connectivity index (χ1n) is 7.35. The lowest BCUT2D eigenvalue weighted by Crippen LogP contribution is -2.12. The quantitative estimate of drug-likeness (QED) is 0.886. The van der Waals surface area contributed by atoms with Gasteiger partial charge in [0, 0.05) is 25.0 Å². The van der Waals surface area contributed by atoms with Crippen LogP contribution < -0.4 is 10.5 Å². The van der Waals surface area contributed by atoms with E-state index in [9.17, 15) is 0 Å². The van der Waals surface area contributed by atoms with Crippen molar-refractivity contribution in [3.8, 4) is 5.75 Å². The number of pyridine rings is 1. The average molecular weight is 288 g/mol. The predicted molar refractivity (Wildman–Crippen MR) is 83.3 cm³/mol. The maximum absolute atomic E-state index is 6.29. The van der Waals surface area contributed by atoms with Gasteiger partial charge in [0.2, 0.25) is 0 Å². The first-order valence-corrected chi connectivity index (χ1v) is 7.35. The van der Waals surface area contributed by atoms with E-state index in [1.807, 2.05) is 37.8 Å². The Hall–Kier alpha value is -1.88. The molecule has 2 heterocycles. The van der Waals surface area contributed by atoms with Crippen LogP contribution >= 0.6 is 0 Å². The fraction of sp³-hybridized carbons (Fsp3) is 0.500. The van der Waals surface area contributed by atoms with Crippen LogP contribution in [-0.2, 0) is 13.5 Å². The van der Waals surface area contributed by atoms with Crippen molar-refractivity contribution in [1.29, 1.82) is 0 Å². The molecule has 1 unspecified atom stereocenters. The Labute approximate surface area is 126 Å². The highest BCUT2D eigenvalue weighted by molar-refractivity contribution is 5.27. The summed E-state index contributed by atoms with van der Waals surface area (Å²) in [5.74, 6) is 0.777. The summed E-state index contributed by atoms with van der Waals surface area (Å²) in [5, 5.41) is 4.44. The molecule has 2 aromatic heterocycles. The van der Waals surface area contributed by atoms with Gasteiger partial charge in [-0.05, 0) is 50.8 Å². The van der Waals surface area contributed by atoms with Gasteiger partial charge in [0.1, 0.15) is 5.75 Å². The highest BCUT2D eigenvalue weighted by atomic mass is 16.5. The van der Waals surface area contributed by atoms with E-state index in [-0.39, 0.29) is 6.04 Å². The second-order valence-electron chi connectivity index (χ2n) is 5.31. The Balaban J connectivity index is 2.04. The third-order valence-electron chi connectivity index (χ3n) is 3.84. The van der Waals surface area contributed by atoms with Crippen LogP contribution in [0.1, 0.15) is 41.9 Å². The molecule has 0 aliphatic heterocycles. The van der Waals surface area contributed by atoms with Gasteiger partial charge in [-0.1, -0.05) is 0 Å². The van der Waals surface area contributed by atoms with E-state index in [0.717, 1.165) is 29.8 Å². The molecule has 2 N–H and O–H groups in total. The van der Waals surface area contributed by atoms with E-state index < -0.39 is 0 Å². The summed E-state index contributed by atoms with van der Waals surface area (Å²) >= 11 is 0. The number of rotatable bonds is 6.